The molecule has 1 aliphatic rings. The van der Waals surface area contributed by atoms with Crippen molar-refractivity contribution in [2.45, 2.75) is 35.4 Å². The van der Waals surface area contributed by atoms with Gasteiger partial charge in [-0.3, -0.25) is 4.79 Å². The molecule has 0 bridgehead atoms. The van der Waals surface area contributed by atoms with Gasteiger partial charge in [-0.2, -0.15) is 0 Å². The van der Waals surface area contributed by atoms with Crippen LogP contribution >= 0.6 is 23.4 Å². The first kappa shape index (κ1) is 19.2. The fourth-order valence-electron chi connectivity index (χ4n) is 3.65. The molecule has 1 N–H and O–H groups in total. The topological polar surface area (TPSA) is 63.6 Å². The van der Waals surface area contributed by atoms with Gasteiger partial charge in [-0.15, -0.1) is 16.8 Å². The van der Waals surface area contributed by atoms with Gasteiger partial charge in [0, 0.05) is 34.0 Å². The number of rotatable bonds is 6. The number of fused-ring (bicyclic) bond motifs is 1. The Morgan fingerprint density at radius 1 is 1.20 bits per heavy atom. The zero-order valence-electron chi connectivity index (χ0n) is 16.1. The smallest absolute Gasteiger partial charge is 0.263 e. The van der Waals surface area contributed by atoms with E-state index in [1.54, 1.807) is 6.07 Å². The number of hydrogen-bond acceptors (Lipinski definition) is 4. The van der Waals surface area contributed by atoms with Gasteiger partial charge < -0.3 is 9.55 Å². The number of hydrogen-bond donors (Lipinski definition) is 1. The SMILES string of the molecule is C=CCn1c(Sc2c(-c3ccccc3)c3cc(Cl)ccc3[nH]c2=O)nnc1C1CC1. The van der Waals surface area contributed by atoms with Crippen LogP contribution < -0.4 is 5.56 Å². The van der Waals surface area contributed by atoms with Gasteiger partial charge in [-0.25, -0.2) is 0 Å². The van der Waals surface area contributed by atoms with Crippen LogP contribution in [0.4, 0.5) is 0 Å². The van der Waals surface area contributed by atoms with Crippen molar-refractivity contribution in [3.05, 3.63) is 82.4 Å². The average molecular weight is 435 g/mol. The van der Waals surface area contributed by atoms with E-state index in [4.69, 9.17) is 11.6 Å². The Morgan fingerprint density at radius 2 is 2.00 bits per heavy atom. The number of H-pyrrole nitrogens is 1. The van der Waals surface area contributed by atoms with Gasteiger partial charge in [0.05, 0.1) is 4.90 Å². The predicted molar refractivity (Wildman–Crippen MR) is 121 cm³/mol. The van der Waals surface area contributed by atoms with Crippen molar-refractivity contribution in [3.8, 4) is 11.1 Å². The molecule has 0 saturated heterocycles. The van der Waals surface area contributed by atoms with Crippen LogP contribution in [0.5, 0.6) is 0 Å². The average Bonchev–Trinajstić information content (AvgIpc) is 3.52. The van der Waals surface area contributed by atoms with E-state index in [1.165, 1.54) is 11.8 Å². The number of aromatic amines is 1. The van der Waals surface area contributed by atoms with Gasteiger partial charge in [-0.1, -0.05) is 48.0 Å². The fourth-order valence-corrected chi connectivity index (χ4v) is 4.84. The zero-order valence-corrected chi connectivity index (χ0v) is 17.7. The number of benzene rings is 2. The van der Waals surface area contributed by atoms with E-state index in [1.807, 2.05) is 48.5 Å². The summed E-state index contributed by atoms with van der Waals surface area (Å²) in [5, 5.41) is 11.0. The van der Waals surface area contributed by atoms with E-state index in [2.05, 4.69) is 26.3 Å². The van der Waals surface area contributed by atoms with Crippen molar-refractivity contribution in [3.63, 3.8) is 0 Å². The Balaban J connectivity index is 1.73. The highest BCUT2D eigenvalue weighted by Crippen LogP contribution is 2.42. The normalized spacial score (nSPS) is 13.6. The predicted octanol–water partition coefficient (Wildman–Crippen LogP) is 5.65. The van der Waals surface area contributed by atoms with Crippen LogP contribution in [0.15, 0.2) is 76.0 Å². The maximum absolute atomic E-state index is 13.2. The molecule has 2 aromatic heterocycles. The van der Waals surface area contributed by atoms with E-state index in [0.29, 0.717) is 27.5 Å². The molecule has 1 aliphatic carbocycles. The second-order valence-electron chi connectivity index (χ2n) is 7.33. The van der Waals surface area contributed by atoms with E-state index in [0.717, 1.165) is 40.7 Å². The fraction of sp³-hybridized carbons (Fsp3) is 0.174. The molecule has 4 aromatic rings. The first-order valence-corrected chi connectivity index (χ1v) is 11.0. The first-order valence-electron chi connectivity index (χ1n) is 9.78. The van der Waals surface area contributed by atoms with Gasteiger partial charge >= 0.3 is 0 Å². The minimum Gasteiger partial charge on any atom is -0.321 e. The van der Waals surface area contributed by atoms with Crippen molar-refractivity contribution >= 4 is 34.3 Å². The summed E-state index contributed by atoms with van der Waals surface area (Å²) in [7, 11) is 0. The quantitative estimate of drug-likeness (QED) is 0.398. The van der Waals surface area contributed by atoms with E-state index in [-0.39, 0.29) is 5.56 Å². The lowest BCUT2D eigenvalue weighted by atomic mass is 10.0. The number of allylic oxidation sites excluding steroid dienone is 1. The lowest BCUT2D eigenvalue weighted by Gasteiger charge is -2.13. The summed E-state index contributed by atoms with van der Waals surface area (Å²) >= 11 is 7.65. The summed E-state index contributed by atoms with van der Waals surface area (Å²) in [4.78, 5) is 16.7. The van der Waals surface area contributed by atoms with Gasteiger partial charge in [-0.05, 0) is 48.4 Å². The molecule has 30 heavy (non-hydrogen) atoms. The van der Waals surface area contributed by atoms with E-state index < -0.39 is 0 Å². The minimum absolute atomic E-state index is 0.158. The molecule has 0 spiro atoms. The lowest BCUT2D eigenvalue weighted by molar-refractivity contribution is 0.681. The maximum atomic E-state index is 13.2. The zero-order chi connectivity index (χ0) is 20.7. The number of nitrogens with one attached hydrogen (secondary N) is 1. The number of aromatic nitrogens is 4. The molecule has 0 atom stereocenters. The number of pyridine rings is 1. The highest BCUT2D eigenvalue weighted by molar-refractivity contribution is 7.99. The Bertz CT molecular complexity index is 1310. The van der Waals surface area contributed by atoms with Crippen molar-refractivity contribution < 1.29 is 0 Å². The van der Waals surface area contributed by atoms with Gasteiger partial charge in [0.15, 0.2) is 5.16 Å². The molecule has 1 fully saturated rings. The summed E-state index contributed by atoms with van der Waals surface area (Å²) in [5.41, 5.74) is 2.40. The second kappa shape index (κ2) is 7.78. The lowest BCUT2D eigenvalue weighted by Crippen LogP contribution is -2.11. The van der Waals surface area contributed by atoms with Crippen LogP contribution in [0.2, 0.25) is 5.02 Å². The first-order chi connectivity index (χ1) is 14.7. The van der Waals surface area contributed by atoms with Crippen LogP contribution in [0.25, 0.3) is 22.0 Å². The molecule has 0 unspecified atom stereocenters. The van der Waals surface area contributed by atoms with Gasteiger partial charge in [0.1, 0.15) is 5.82 Å². The summed E-state index contributed by atoms with van der Waals surface area (Å²) in [5.74, 6) is 1.42. The molecule has 2 heterocycles. The third-order valence-electron chi connectivity index (χ3n) is 5.19. The van der Waals surface area contributed by atoms with Gasteiger partial charge in [0.25, 0.3) is 5.56 Å². The molecule has 5 nitrogen and oxygen atoms in total. The molecule has 5 rings (SSSR count). The summed E-state index contributed by atoms with van der Waals surface area (Å²) in [6.07, 6.45) is 4.09. The van der Waals surface area contributed by atoms with Crippen molar-refractivity contribution in [2.75, 3.05) is 0 Å². The van der Waals surface area contributed by atoms with Crippen molar-refractivity contribution in [1.29, 1.82) is 0 Å². The Morgan fingerprint density at radius 3 is 2.73 bits per heavy atom. The molecule has 0 aliphatic heterocycles. The van der Waals surface area contributed by atoms with Crippen LogP contribution in [-0.4, -0.2) is 19.7 Å². The van der Waals surface area contributed by atoms with Crippen molar-refractivity contribution in [2.24, 2.45) is 0 Å². The Kier molecular flexibility index (Phi) is 4.97. The highest BCUT2D eigenvalue weighted by atomic mass is 35.5. The monoisotopic (exact) mass is 434 g/mol. The van der Waals surface area contributed by atoms with Crippen LogP contribution in [-0.2, 0) is 6.54 Å². The number of nitrogens with zero attached hydrogens (tertiary/aromatic N) is 3. The molecular weight excluding hydrogens is 416 g/mol. The number of halogens is 1. The van der Waals surface area contributed by atoms with Crippen molar-refractivity contribution in [1.82, 2.24) is 19.7 Å². The standard InChI is InChI=1S/C23H19ClN4OS/c1-2-12-28-21(15-8-9-15)26-27-23(28)30-20-19(14-6-4-3-5-7-14)17-13-16(24)10-11-18(17)25-22(20)29/h2-7,10-11,13,15H,1,8-9,12H2,(H,25,29). The van der Waals surface area contributed by atoms with Gasteiger partial charge in [0.2, 0.25) is 0 Å². The molecular formula is C23H19ClN4OS. The Labute approximate surface area is 182 Å². The van der Waals surface area contributed by atoms with Crippen LogP contribution in [0, 0.1) is 0 Å². The molecule has 2 aromatic carbocycles. The summed E-state index contributed by atoms with van der Waals surface area (Å²) in [6, 6.07) is 15.4. The Hall–Kier alpha value is -2.83. The molecule has 1 saturated carbocycles. The third kappa shape index (κ3) is 3.46. The molecule has 150 valence electrons. The molecule has 0 radical (unpaired) electrons. The summed E-state index contributed by atoms with van der Waals surface area (Å²) < 4.78 is 2.06. The summed E-state index contributed by atoms with van der Waals surface area (Å²) in [6.45, 7) is 4.48. The molecule has 0 amide bonds. The largest absolute Gasteiger partial charge is 0.321 e. The van der Waals surface area contributed by atoms with Crippen LogP contribution in [0.1, 0.15) is 24.6 Å². The second-order valence-corrected chi connectivity index (χ2v) is 8.74. The third-order valence-corrected chi connectivity index (χ3v) is 6.50. The highest BCUT2D eigenvalue weighted by Gasteiger charge is 2.30. The van der Waals surface area contributed by atoms with Crippen LogP contribution in [0.3, 0.4) is 0 Å². The molecule has 7 heteroatoms. The maximum Gasteiger partial charge on any atom is 0.263 e. The minimum atomic E-state index is -0.158. The van der Waals surface area contributed by atoms with E-state index >= 15 is 0 Å². The van der Waals surface area contributed by atoms with E-state index in [9.17, 15) is 4.79 Å².